The number of rotatable bonds is 3. The Hall–Kier alpha value is -1.88. The molecule has 0 aliphatic carbocycles. The molecule has 2 aromatic heterocycles. The third-order valence-electron chi connectivity index (χ3n) is 2.33. The van der Waals surface area contributed by atoms with Crippen molar-refractivity contribution >= 4 is 23.1 Å². The molecule has 2 heterocycles. The highest BCUT2D eigenvalue weighted by molar-refractivity contribution is 6.28. The first-order valence-corrected chi connectivity index (χ1v) is 5.49. The molecular weight excluding hydrogens is 238 g/mol. The molecule has 1 atom stereocenters. The predicted molar refractivity (Wildman–Crippen MR) is 67.7 cm³/mol. The number of nitrogens with two attached hydrogens (primary N) is 1. The summed E-state index contributed by atoms with van der Waals surface area (Å²) in [6.07, 6.45) is 5.00. The van der Waals surface area contributed by atoms with Crippen molar-refractivity contribution in [1.82, 2.24) is 15.0 Å². The Balaban J connectivity index is 2.18. The second-order valence-corrected chi connectivity index (χ2v) is 3.93. The van der Waals surface area contributed by atoms with E-state index in [1.807, 2.05) is 19.1 Å². The Morgan fingerprint density at radius 1 is 1.41 bits per heavy atom. The summed E-state index contributed by atoms with van der Waals surface area (Å²) in [5.74, 6) is 0.529. The fourth-order valence-corrected chi connectivity index (χ4v) is 1.54. The maximum absolute atomic E-state index is 5.75. The van der Waals surface area contributed by atoms with Gasteiger partial charge in [-0.2, -0.15) is 4.98 Å². The van der Waals surface area contributed by atoms with E-state index in [2.05, 4.69) is 20.3 Å². The van der Waals surface area contributed by atoms with Gasteiger partial charge in [-0.25, -0.2) is 4.98 Å². The normalized spacial score (nSPS) is 12.1. The lowest BCUT2D eigenvalue weighted by Gasteiger charge is -2.15. The molecule has 6 heteroatoms. The molecule has 17 heavy (non-hydrogen) atoms. The van der Waals surface area contributed by atoms with Gasteiger partial charge >= 0.3 is 0 Å². The van der Waals surface area contributed by atoms with E-state index in [9.17, 15) is 0 Å². The summed E-state index contributed by atoms with van der Waals surface area (Å²) < 4.78 is 0. The lowest BCUT2D eigenvalue weighted by atomic mass is 10.1. The Kier molecular flexibility index (Phi) is 3.39. The van der Waals surface area contributed by atoms with Crippen LogP contribution < -0.4 is 11.1 Å². The molecule has 5 nitrogen and oxygen atoms in total. The van der Waals surface area contributed by atoms with Gasteiger partial charge < -0.3 is 11.1 Å². The van der Waals surface area contributed by atoms with E-state index >= 15 is 0 Å². The van der Waals surface area contributed by atoms with Crippen LogP contribution in [-0.2, 0) is 0 Å². The summed E-state index contributed by atoms with van der Waals surface area (Å²) in [6.45, 7) is 1.99. The molecule has 0 aliphatic rings. The van der Waals surface area contributed by atoms with E-state index < -0.39 is 0 Å². The molecule has 0 amide bonds. The zero-order chi connectivity index (χ0) is 12.3. The Bertz CT molecular complexity index is 502. The molecule has 0 aromatic carbocycles. The first-order valence-electron chi connectivity index (χ1n) is 5.11. The van der Waals surface area contributed by atoms with Gasteiger partial charge in [0.15, 0.2) is 5.82 Å². The van der Waals surface area contributed by atoms with Crippen LogP contribution in [0.25, 0.3) is 0 Å². The standard InChI is InChI=1S/C11H12ClN5/c1-7(8-3-2-4-14-5-8)16-10-9(13)6-15-11(12)17-10/h2-7H,13H2,1H3,(H,15,16,17). The lowest BCUT2D eigenvalue weighted by Crippen LogP contribution is -2.10. The van der Waals surface area contributed by atoms with E-state index in [-0.39, 0.29) is 11.3 Å². The molecule has 0 radical (unpaired) electrons. The van der Waals surface area contributed by atoms with Crippen molar-refractivity contribution in [2.45, 2.75) is 13.0 Å². The second-order valence-electron chi connectivity index (χ2n) is 3.60. The van der Waals surface area contributed by atoms with Crippen LogP contribution in [0.2, 0.25) is 5.28 Å². The number of hydrogen-bond donors (Lipinski definition) is 2. The van der Waals surface area contributed by atoms with Crippen molar-refractivity contribution in [2.24, 2.45) is 0 Å². The predicted octanol–water partition coefficient (Wildman–Crippen LogP) is 2.28. The highest BCUT2D eigenvalue weighted by Crippen LogP contribution is 2.22. The average Bonchev–Trinajstić information content (AvgIpc) is 2.35. The van der Waals surface area contributed by atoms with Gasteiger partial charge in [0.05, 0.1) is 17.9 Å². The van der Waals surface area contributed by atoms with E-state index in [4.69, 9.17) is 17.3 Å². The van der Waals surface area contributed by atoms with Gasteiger partial charge in [0, 0.05) is 12.4 Å². The smallest absolute Gasteiger partial charge is 0.224 e. The minimum absolute atomic E-state index is 0.0389. The monoisotopic (exact) mass is 249 g/mol. The van der Waals surface area contributed by atoms with E-state index in [0.717, 1.165) is 5.56 Å². The maximum Gasteiger partial charge on any atom is 0.224 e. The number of halogens is 1. The molecule has 2 aromatic rings. The summed E-state index contributed by atoms with van der Waals surface area (Å²) in [4.78, 5) is 11.9. The van der Waals surface area contributed by atoms with Crippen molar-refractivity contribution < 1.29 is 0 Å². The maximum atomic E-state index is 5.75. The third kappa shape index (κ3) is 2.82. The van der Waals surface area contributed by atoms with Crippen LogP contribution >= 0.6 is 11.6 Å². The summed E-state index contributed by atoms with van der Waals surface area (Å²) >= 11 is 5.72. The van der Waals surface area contributed by atoms with Gasteiger partial charge in [0.2, 0.25) is 5.28 Å². The van der Waals surface area contributed by atoms with E-state index in [1.54, 1.807) is 12.4 Å². The fourth-order valence-electron chi connectivity index (χ4n) is 1.41. The summed E-state index contributed by atoms with van der Waals surface area (Å²) in [5, 5.41) is 3.33. The minimum Gasteiger partial charge on any atom is -0.394 e. The first kappa shape index (κ1) is 11.6. The fraction of sp³-hybridized carbons (Fsp3) is 0.182. The summed E-state index contributed by atoms with van der Waals surface area (Å²) in [5.41, 5.74) is 7.26. The number of nitrogen functional groups attached to an aromatic ring is 1. The van der Waals surface area contributed by atoms with Crippen molar-refractivity contribution in [3.05, 3.63) is 41.6 Å². The molecule has 0 bridgehead atoms. The molecule has 88 valence electrons. The Labute approximate surface area is 104 Å². The number of anilines is 2. The number of aromatic nitrogens is 3. The van der Waals surface area contributed by atoms with Crippen LogP contribution in [0.4, 0.5) is 11.5 Å². The molecule has 0 saturated heterocycles. The van der Waals surface area contributed by atoms with Crippen LogP contribution in [0.1, 0.15) is 18.5 Å². The molecule has 0 aliphatic heterocycles. The molecule has 0 fully saturated rings. The van der Waals surface area contributed by atoms with Crippen molar-refractivity contribution in [3.8, 4) is 0 Å². The van der Waals surface area contributed by atoms with Gasteiger partial charge in [0.25, 0.3) is 0 Å². The van der Waals surface area contributed by atoms with Gasteiger partial charge in [-0.3, -0.25) is 4.98 Å². The minimum atomic E-state index is 0.0389. The van der Waals surface area contributed by atoms with Crippen LogP contribution in [0.3, 0.4) is 0 Å². The zero-order valence-corrected chi connectivity index (χ0v) is 10.0. The average molecular weight is 250 g/mol. The highest BCUT2D eigenvalue weighted by atomic mass is 35.5. The SMILES string of the molecule is CC(Nc1nc(Cl)ncc1N)c1cccnc1. The Morgan fingerprint density at radius 3 is 2.94 bits per heavy atom. The summed E-state index contributed by atoms with van der Waals surface area (Å²) in [6, 6.07) is 3.89. The topological polar surface area (TPSA) is 76.7 Å². The van der Waals surface area contributed by atoms with Crippen molar-refractivity contribution in [2.75, 3.05) is 11.1 Å². The molecule has 1 unspecified atom stereocenters. The van der Waals surface area contributed by atoms with Crippen LogP contribution in [-0.4, -0.2) is 15.0 Å². The summed E-state index contributed by atoms with van der Waals surface area (Å²) in [7, 11) is 0. The number of pyridine rings is 1. The number of nitrogens with zero attached hydrogens (tertiary/aromatic N) is 3. The van der Waals surface area contributed by atoms with E-state index in [0.29, 0.717) is 11.5 Å². The second kappa shape index (κ2) is 4.97. The van der Waals surface area contributed by atoms with Gasteiger partial charge in [-0.1, -0.05) is 6.07 Å². The lowest BCUT2D eigenvalue weighted by molar-refractivity contribution is 0.865. The first-order chi connectivity index (χ1) is 8.16. The van der Waals surface area contributed by atoms with Gasteiger partial charge in [-0.15, -0.1) is 0 Å². The van der Waals surface area contributed by atoms with Crippen LogP contribution in [0.15, 0.2) is 30.7 Å². The molecular formula is C11H12ClN5. The quantitative estimate of drug-likeness (QED) is 0.816. The van der Waals surface area contributed by atoms with E-state index in [1.165, 1.54) is 6.20 Å². The molecule has 2 rings (SSSR count). The van der Waals surface area contributed by atoms with Crippen molar-refractivity contribution in [3.63, 3.8) is 0 Å². The van der Waals surface area contributed by atoms with Crippen LogP contribution in [0.5, 0.6) is 0 Å². The van der Waals surface area contributed by atoms with Crippen LogP contribution in [0, 0.1) is 0 Å². The third-order valence-corrected chi connectivity index (χ3v) is 2.51. The molecule has 3 N–H and O–H groups in total. The van der Waals surface area contributed by atoms with Gasteiger partial charge in [0.1, 0.15) is 0 Å². The number of hydrogen-bond acceptors (Lipinski definition) is 5. The number of nitrogens with one attached hydrogen (secondary N) is 1. The molecule has 0 saturated carbocycles. The van der Waals surface area contributed by atoms with Gasteiger partial charge in [-0.05, 0) is 30.2 Å². The van der Waals surface area contributed by atoms with Crippen molar-refractivity contribution in [1.29, 1.82) is 0 Å². The zero-order valence-electron chi connectivity index (χ0n) is 9.26. The highest BCUT2D eigenvalue weighted by Gasteiger charge is 2.09. The molecule has 0 spiro atoms. The largest absolute Gasteiger partial charge is 0.394 e. The Morgan fingerprint density at radius 2 is 2.24 bits per heavy atom.